The first kappa shape index (κ1) is 23.4. The van der Waals surface area contributed by atoms with Crippen LogP contribution in [0.3, 0.4) is 0 Å². The lowest BCUT2D eigenvalue weighted by Crippen LogP contribution is -2.37. The number of aliphatic carboxylic acids is 1. The molecule has 2 rings (SSSR count). The molecule has 7 heteroatoms. The van der Waals surface area contributed by atoms with E-state index in [1.54, 1.807) is 19.1 Å². The number of carboxylic acid groups (broad SMARTS) is 1. The summed E-state index contributed by atoms with van der Waals surface area (Å²) >= 11 is 0. The number of rotatable bonds is 12. The van der Waals surface area contributed by atoms with Crippen molar-refractivity contribution in [2.45, 2.75) is 71.8 Å². The summed E-state index contributed by atoms with van der Waals surface area (Å²) in [5.41, 5.74) is 1.75. The molecule has 1 aromatic heterocycles. The van der Waals surface area contributed by atoms with E-state index in [-0.39, 0.29) is 12.3 Å². The van der Waals surface area contributed by atoms with E-state index >= 15 is 0 Å². The molecule has 0 spiro atoms. The summed E-state index contributed by atoms with van der Waals surface area (Å²) in [5, 5.41) is 14.1. The Morgan fingerprint density at radius 1 is 1.20 bits per heavy atom. The van der Waals surface area contributed by atoms with Crippen LogP contribution in [-0.4, -0.2) is 24.5 Å². The third-order valence-electron chi connectivity index (χ3n) is 5.03. The molecule has 0 aliphatic rings. The number of hydrogen-bond donors (Lipinski definition) is 1. The summed E-state index contributed by atoms with van der Waals surface area (Å²) < 4.78 is 11.3. The molecule has 2 aromatic rings. The molecule has 1 N–H and O–H groups in total. The number of aryl methyl sites for hydroxylation is 2. The van der Waals surface area contributed by atoms with E-state index in [0.717, 1.165) is 30.2 Å². The second-order valence-corrected chi connectivity index (χ2v) is 7.49. The molecule has 30 heavy (non-hydrogen) atoms. The van der Waals surface area contributed by atoms with Gasteiger partial charge in [-0.15, -0.1) is 0 Å². The van der Waals surface area contributed by atoms with Crippen molar-refractivity contribution in [1.29, 1.82) is 0 Å². The fourth-order valence-corrected chi connectivity index (χ4v) is 3.28. The molecule has 0 bridgehead atoms. The van der Waals surface area contributed by atoms with Gasteiger partial charge in [-0.25, -0.2) is 4.79 Å². The van der Waals surface area contributed by atoms with Crippen LogP contribution in [0.25, 0.3) is 11.0 Å². The number of carbonyl (C=O) groups excluding carboxylic acids is 2. The Morgan fingerprint density at radius 3 is 2.67 bits per heavy atom. The average Bonchev–Trinajstić information content (AvgIpc) is 2.70. The van der Waals surface area contributed by atoms with Crippen molar-refractivity contribution in [2.24, 2.45) is 0 Å². The summed E-state index contributed by atoms with van der Waals surface area (Å²) in [6.07, 6.45) is 4.06. The number of carboxylic acids is 1. The molecule has 164 valence electrons. The first-order valence-corrected chi connectivity index (χ1v) is 10.5. The SMILES string of the molecule is CCCCc1cc(=O)oc2c(C)c(O[C@@H](C)C(=O)NCCCCCC(=O)[O-])ccc12. The first-order chi connectivity index (χ1) is 14.3. The number of hydrogen-bond acceptors (Lipinski definition) is 6. The van der Waals surface area contributed by atoms with Crippen LogP contribution in [0.5, 0.6) is 5.75 Å². The van der Waals surface area contributed by atoms with Crippen LogP contribution in [0.15, 0.2) is 27.4 Å². The number of benzene rings is 1. The van der Waals surface area contributed by atoms with E-state index in [2.05, 4.69) is 12.2 Å². The first-order valence-electron chi connectivity index (χ1n) is 10.5. The lowest BCUT2D eigenvalue weighted by molar-refractivity contribution is -0.305. The van der Waals surface area contributed by atoms with Crippen molar-refractivity contribution in [3.63, 3.8) is 0 Å². The Morgan fingerprint density at radius 2 is 1.97 bits per heavy atom. The van der Waals surface area contributed by atoms with Gasteiger partial charge in [0.15, 0.2) is 6.10 Å². The summed E-state index contributed by atoms with van der Waals surface area (Å²) in [5.74, 6) is -0.817. The second-order valence-electron chi connectivity index (χ2n) is 7.49. The largest absolute Gasteiger partial charge is 0.550 e. The maximum Gasteiger partial charge on any atom is 0.336 e. The van der Waals surface area contributed by atoms with Crippen LogP contribution in [0.2, 0.25) is 0 Å². The minimum atomic E-state index is -1.06. The molecule has 0 aliphatic carbocycles. The van der Waals surface area contributed by atoms with Crippen LogP contribution < -0.4 is 20.8 Å². The van der Waals surface area contributed by atoms with Crippen LogP contribution in [-0.2, 0) is 16.0 Å². The van der Waals surface area contributed by atoms with Crippen molar-refractivity contribution in [3.05, 3.63) is 39.7 Å². The lowest BCUT2D eigenvalue weighted by Gasteiger charge is -2.17. The van der Waals surface area contributed by atoms with Gasteiger partial charge in [0.1, 0.15) is 11.3 Å². The van der Waals surface area contributed by atoms with Gasteiger partial charge in [-0.3, -0.25) is 4.79 Å². The van der Waals surface area contributed by atoms with Gasteiger partial charge >= 0.3 is 5.63 Å². The van der Waals surface area contributed by atoms with Gasteiger partial charge in [0.05, 0.1) is 0 Å². The van der Waals surface area contributed by atoms with Crippen molar-refractivity contribution in [3.8, 4) is 5.75 Å². The minimum Gasteiger partial charge on any atom is -0.550 e. The van der Waals surface area contributed by atoms with E-state index < -0.39 is 17.7 Å². The van der Waals surface area contributed by atoms with Crippen LogP contribution in [0.4, 0.5) is 0 Å². The standard InChI is InChI=1S/C23H31NO6/c1-4-5-9-17-14-21(27)30-22-15(2)19(12-11-18(17)22)29-16(3)23(28)24-13-8-6-7-10-20(25)26/h11-12,14,16H,4-10,13H2,1-3H3,(H,24,28)(H,25,26)/p-1/t16-/m0/s1. The average molecular weight is 416 g/mol. The van der Waals surface area contributed by atoms with Gasteiger partial charge in [-0.1, -0.05) is 19.8 Å². The predicted molar refractivity (Wildman–Crippen MR) is 112 cm³/mol. The van der Waals surface area contributed by atoms with Gasteiger partial charge < -0.3 is 24.4 Å². The van der Waals surface area contributed by atoms with E-state index in [0.29, 0.717) is 42.7 Å². The Bertz CT molecular complexity index is 933. The van der Waals surface area contributed by atoms with Crippen LogP contribution >= 0.6 is 0 Å². The molecule has 7 nitrogen and oxygen atoms in total. The lowest BCUT2D eigenvalue weighted by atomic mass is 10.0. The summed E-state index contributed by atoms with van der Waals surface area (Å²) in [4.78, 5) is 34.6. The number of amides is 1. The van der Waals surface area contributed by atoms with Gasteiger partial charge in [-0.05, 0) is 63.6 Å². The van der Waals surface area contributed by atoms with Crippen molar-refractivity contribution in [1.82, 2.24) is 5.32 Å². The highest BCUT2D eigenvalue weighted by Crippen LogP contribution is 2.29. The third kappa shape index (κ3) is 6.61. The van der Waals surface area contributed by atoms with E-state index in [4.69, 9.17) is 9.15 Å². The third-order valence-corrected chi connectivity index (χ3v) is 5.03. The number of nitrogens with one attached hydrogen (secondary N) is 1. The van der Waals surface area contributed by atoms with Crippen molar-refractivity contribution >= 4 is 22.8 Å². The molecule has 0 unspecified atom stereocenters. The Hall–Kier alpha value is -2.83. The molecule has 0 aliphatic heterocycles. The quantitative estimate of drug-likeness (QED) is 0.421. The predicted octanol–water partition coefficient (Wildman–Crippen LogP) is 2.64. The summed E-state index contributed by atoms with van der Waals surface area (Å²) in [6, 6.07) is 5.21. The zero-order valence-corrected chi connectivity index (χ0v) is 17.9. The maximum absolute atomic E-state index is 12.3. The second kappa shape index (κ2) is 11.4. The van der Waals surface area contributed by atoms with Gasteiger partial charge in [0, 0.05) is 29.5 Å². The number of carbonyl (C=O) groups is 2. The smallest absolute Gasteiger partial charge is 0.336 e. The minimum absolute atomic E-state index is 0.0327. The molecule has 0 radical (unpaired) electrons. The Labute approximate surface area is 176 Å². The van der Waals surface area contributed by atoms with Gasteiger partial charge in [0.2, 0.25) is 0 Å². The topological polar surface area (TPSA) is 109 Å². The van der Waals surface area contributed by atoms with Gasteiger partial charge in [-0.2, -0.15) is 0 Å². The number of fused-ring (bicyclic) bond motifs is 1. The van der Waals surface area contributed by atoms with Crippen LogP contribution in [0.1, 0.15) is 63.5 Å². The summed E-state index contributed by atoms with van der Waals surface area (Å²) in [7, 11) is 0. The molecule has 0 fully saturated rings. The summed E-state index contributed by atoms with van der Waals surface area (Å²) in [6.45, 7) is 6.02. The number of ether oxygens (including phenoxy) is 1. The highest BCUT2D eigenvalue weighted by molar-refractivity contribution is 5.85. The fraction of sp³-hybridized carbons (Fsp3) is 0.522. The molecule has 0 saturated carbocycles. The maximum atomic E-state index is 12.3. The zero-order valence-electron chi connectivity index (χ0n) is 17.9. The molecule has 0 saturated heterocycles. The van der Waals surface area contributed by atoms with E-state index in [9.17, 15) is 19.5 Å². The van der Waals surface area contributed by atoms with Gasteiger partial charge in [0.25, 0.3) is 5.91 Å². The molecular weight excluding hydrogens is 386 g/mol. The fourth-order valence-electron chi connectivity index (χ4n) is 3.28. The van der Waals surface area contributed by atoms with Crippen molar-refractivity contribution in [2.75, 3.05) is 6.54 Å². The zero-order chi connectivity index (χ0) is 22.1. The highest BCUT2D eigenvalue weighted by Gasteiger charge is 2.18. The highest BCUT2D eigenvalue weighted by atomic mass is 16.5. The van der Waals surface area contributed by atoms with E-state index in [1.165, 1.54) is 0 Å². The molecule has 1 atom stereocenters. The van der Waals surface area contributed by atoms with Crippen LogP contribution in [0, 0.1) is 6.92 Å². The molecule has 1 heterocycles. The Kier molecular flexibility index (Phi) is 8.89. The molecule has 1 amide bonds. The number of unbranched alkanes of at least 4 members (excludes halogenated alkanes) is 3. The molecule has 1 aromatic carbocycles. The molecular formula is C23H30NO6-. The Balaban J connectivity index is 2.01. The van der Waals surface area contributed by atoms with Crippen molar-refractivity contribution < 1.29 is 23.8 Å². The monoisotopic (exact) mass is 416 g/mol. The van der Waals surface area contributed by atoms with E-state index in [1.807, 2.05) is 13.0 Å². The normalized spacial score (nSPS) is 12.0.